The van der Waals surface area contributed by atoms with Crippen LogP contribution in [-0.4, -0.2) is 28.7 Å². The lowest BCUT2D eigenvalue weighted by Crippen LogP contribution is -2.24. The summed E-state index contributed by atoms with van der Waals surface area (Å²) < 4.78 is 27.0. The lowest BCUT2D eigenvalue weighted by atomic mass is 9.90. The van der Waals surface area contributed by atoms with Crippen molar-refractivity contribution in [1.29, 1.82) is 0 Å². The summed E-state index contributed by atoms with van der Waals surface area (Å²) in [5.74, 6) is -0.0754. The number of hydrogen-bond acceptors (Lipinski definition) is 5. The predicted octanol–water partition coefficient (Wildman–Crippen LogP) is 3.86. The van der Waals surface area contributed by atoms with Crippen molar-refractivity contribution in [3.05, 3.63) is 75.8 Å². The van der Waals surface area contributed by atoms with Gasteiger partial charge in [-0.1, -0.05) is 11.2 Å². The minimum absolute atomic E-state index is 0.0190. The Labute approximate surface area is 173 Å². The van der Waals surface area contributed by atoms with Gasteiger partial charge in [-0.2, -0.15) is 0 Å². The molecule has 7 heteroatoms. The number of hydrogen-bond donors (Lipinski definition) is 1. The van der Waals surface area contributed by atoms with Gasteiger partial charge in [0.1, 0.15) is 18.2 Å². The average molecular weight is 410 g/mol. The van der Waals surface area contributed by atoms with E-state index in [9.17, 15) is 14.4 Å². The van der Waals surface area contributed by atoms with E-state index < -0.39 is 5.82 Å². The zero-order chi connectivity index (χ0) is 21.1. The van der Waals surface area contributed by atoms with E-state index in [0.717, 1.165) is 29.3 Å². The molecule has 1 aliphatic heterocycles. The third-order valence-electron chi connectivity index (χ3n) is 5.48. The summed E-state index contributed by atoms with van der Waals surface area (Å²) in [5, 5.41) is 13.9. The molecule has 2 heterocycles. The number of rotatable bonds is 5. The zero-order valence-electron chi connectivity index (χ0n) is 16.7. The Kier molecular flexibility index (Phi) is 5.81. The summed E-state index contributed by atoms with van der Waals surface area (Å²) in [6, 6.07) is 13.4. The second-order valence-electron chi connectivity index (χ2n) is 7.46. The van der Waals surface area contributed by atoms with Crippen LogP contribution in [0.5, 0.6) is 5.75 Å². The molecule has 0 radical (unpaired) electrons. The van der Waals surface area contributed by atoms with E-state index in [1.54, 1.807) is 23.7 Å². The molecule has 0 aliphatic carbocycles. The first kappa shape index (κ1) is 20.1. The molecule has 1 saturated heterocycles. The van der Waals surface area contributed by atoms with E-state index >= 15 is 0 Å². The summed E-state index contributed by atoms with van der Waals surface area (Å²) in [5.41, 5.74) is 2.62. The molecule has 1 N–H and O–H groups in total. The molecule has 0 amide bonds. The van der Waals surface area contributed by atoms with Gasteiger partial charge in [0.15, 0.2) is 0 Å². The van der Waals surface area contributed by atoms with Gasteiger partial charge in [-0.15, -0.1) is 0 Å². The van der Waals surface area contributed by atoms with Crippen LogP contribution >= 0.6 is 0 Å². The molecule has 1 aliphatic rings. The highest BCUT2D eigenvalue weighted by molar-refractivity contribution is 6.02. The first-order valence-electron chi connectivity index (χ1n) is 9.87. The first-order valence-corrected chi connectivity index (χ1v) is 9.87. The molecule has 0 unspecified atom stereocenters. The molecule has 0 bridgehead atoms. The highest BCUT2D eigenvalue weighted by Crippen LogP contribution is 2.25. The number of nitrogens with zero attached hydrogens (tertiary/aromatic N) is 2. The van der Waals surface area contributed by atoms with Crippen LogP contribution < -0.4 is 10.3 Å². The largest absolute Gasteiger partial charge is 0.489 e. The lowest BCUT2D eigenvalue weighted by Gasteiger charge is -2.23. The second kappa shape index (κ2) is 8.67. The summed E-state index contributed by atoms with van der Waals surface area (Å²) in [7, 11) is 1.73. The number of ether oxygens (including phenoxy) is 2. The molecule has 0 saturated carbocycles. The standard InChI is InChI=1S/C23H23FN2O4/c1-26-21-4-2-15(10-17(21)3-5-22(26)27)14-30-20-12-18(11-19(24)13-20)23(25-28)16-6-8-29-9-7-16/h2-5,10-13,16,28H,6-9,14H2,1H3/b25-23-. The van der Waals surface area contributed by atoms with E-state index in [4.69, 9.17) is 9.47 Å². The number of pyridine rings is 1. The molecule has 0 atom stereocenters. The fourth-order valence-corrected chi connectivity index (χ4v) is 3.83. The molecular weight excluding hydrogens is 387 g/mol. The quantitative estimate of drug-likeness (QED) is 0.394. The van der Waals surface area contributed by atoms with Crippen LogP contribution in [0.2, 0.25) is 0 Å². The van der Waals surface area contributed by atoms with Crippen molar-refractivity contribution in [2.24, 2.45) is 18.1 Å². The molecule has 3 aromatic rings. The second-order valence-corrected chi connectivity index (χ2v) is 7.46. The molecule has 6 nitrogen and oxygen atoms in total. The van der Waals surface area contributed by atoms with E-state index in [2.05, 4.69) is 5.16 Å². The van der Waals surface area contributed by atoms with Gasteiger partial charge in [-0.25, -0.2) is 4.39 Å². The number of aryl methyl sites for hydroxylation is 1. The predicted molar refractivity (Wildman–Crippen MR) is 112 cm³/mol. The monoisotopic (exact) mass is 410 g/mol. The summed E-state index contributed by atoms with van der Waals surface area (Å²) in [6.07, 6.45) is 1.46. The van der Waals surface area contributed by atoms with Gasteiger partial charge in [0.2, 0.25) is 0 Å². The smallest absolute Gasteiger partial charge is 0.250 e. The van der Waals surface area contributed by atoms with Gasteiger partial charge in [-0.05, 0) is 54.1 Å². The van der Waals surface area contributed by atoms with Crippen LogP contribution in [0.4, 0.5) is 4.39 Å². The van der Waals surface area contributed by atoms with Gasteiger partial charge in [0, 0.05) is 43.9 Å². The Balaban J connectivity index is 1.54. The number of halogens is 1. The van der Waals surface area contributed by atoms with Crippen LogP contribution in [0, 0.1) is 11.7 Å². The van der Waals surface area contributed by atoms with Crippen molar-refractivity contribution in [2.45, 2.75) is 19.4 Å². The van der Waals surface area contributed by atoms with Gasteiger partial charge in [-0.3, -0.25) is 4.79 Å². The zero-order valence-corrected chi connectivity index (χ0v) is 16.7. The molecule has 1 aromatic heterocycles. The highest BCUT2D eigenvalue weighted by Gasteiger charge is 2.22. The Bertz CT molecular complexity index is 1150. The summed E-state index contributed by atoms with van der Waals surface area (Å²) in [6.45, 7) is 1.43. The maximum atomic E-state index is 14.2. The van der Waals surface area contributed by atoms with E-state index in [0.29, 0.717) is 30.2 Å². The minimum atomic E-state index is -0.454. The number of oxime groups is 1. The summed E-state index contributed by atoms with van der Waals surface area (Å²) >= 11 is 0. The highest BCUT2D eigenvalue weighted by atomic mass is 19.1. The van der Waals surface area contributed by atoms with Gasteiger partial charge >= 0.3 is 0 Å². The lowest BCUT2D eigenvalue weighted by molar-refractivity contribution is 0.0821. The Morgan fingerprint density at radius 2 is 2.00 bits per heavy atom. The molecule has 1 fully saturated rings. The van der Waals surface area contributed by atoms with Crippen LogP contribution in [0.15, 0.2) is 58.5 Å². The van der Waals surface area contributed by atoms with Gasteiger partial charge in [0.25, 0.3) is 5.56 Å². The van der Waals surface area contributed by atoms with Gasteiger partial charge in [0.05, 0.1) is 11.2 Å². The molecule has 0 spiro atoms. The van der Waals surface area contributed by atoms with Crippen LogP contribution in [0.25, 0.3) is 10.9 Å². The van der Waals surface area contributed by atoms with Crippen molar-refractivity contribution in [2.75, 3.05) is 13.2 Å². The Hall–Kier alpha value is -3.19. The van der Waals surface area contributed by atoms with Crippen molar-refractivity contribution in [1.82, 2.24) is 4.57 Å². The maximum absolute atomic E-state index is 14.2. The summed E-state index contributed by atoms with van der Waals surface area (Å²) in [4.78, 5) is 11.8. The fourth-order valence-electron chi connectivity index (χ4n) is 3.83. The van der Waals surface area contributed by atoms with Gasteiger partial charge < -0.3 is 19.2 Å². The van der Waals surface area contributed by atoms with E-state index in [1.165, 1.54) is 18.2 Å². The van der Waals surface area contributed by atoms with Crippen molar-refractivity contribution in [3.8, 4) is 5.75 Å². The van der Waals surface area contributed by atoms with Crippen molar-refractivity contribution >= 4 is 16.6 Å². The van der Waals surface area contributed by atoms with E-state index in [-0.39, 0.29) is 18.1 Å². The molecular formula is C23H23FN2O4. The fraction of sp³-hybridized carbons (Fsp3) is 0.304. The Morgan fingerprint density at radius 3 is 2.77 bits per heavy atom. The number of fused-ring (bicyclic) bond motifs is 1. The first-order chi connectivity index (χ1) is 14.5. The third kappa shape index (κ3) is 4.21. The third-order valence-corrected chi connectivity index (χ3v) is 5.48. The number of aromatic nitrogens is 1. The maximum Gasteiger partial charge on any atom is 0.250 e. The normalized spacial score (nSPS) is 15.5. The topological polar surface area (TPSA) is 73.1 Å². The van der Waals surface area contributed by atoms with Crippen molar-refractivity contribution in [3.63, 3.8) is 0 Å². The molecule has 4 rings (SSSR count). The van der Waals surface area contributed by atoms with Crippen molar-refractivity contribution < 1.29 is 19.1 Å². The number of benzene rings is 2. The van der Waals surface area contributed by atoms with E-state index in [1.807, 2.05) is 18.2 Å². The molecule has 30 heavy (non-hydrogen) atoms. The van der Waals surface area contributed by atoms with Crippen LogP contribution in [0.3, 0.4) is 0 Å². The molecule has 2 aromatic carbocycles. The van der Waals surface area contributed by atoms with Crippen LogP contribution in [-0.2, 0) is 18.4 Å². The Morgan fingerprint density at radius 1 is 1.20 bits per heavy atom. The SMILES string of the molecule is Cn1c(=O)ccc2cc(COc3cc(F)cc(/C(=N\O)C4CCOCC4)c3)ccc21. The average Bonchev–Trinajstić information content (AvgIpc) is 2.76. The van der Waals surface area contributed by atoms with Crippen LogP contribution in [0.1, 0.15) is 24.0 Å². The molecule has 156 valence electrons. The minimum Gasteiger partial charge on any atom is -0.489 e.